The molecule has 0 radical (unpaired) electrons. The molecule has 2 aromatic carbocycles. The van der Waals surface area contributed by atoms with Crippen LogP contribution in [-0.4, -0.2) is 37.0 Å². The maximum Gasteiger partial charge on any atom is 0.258 e. The summed E-state index contributed by atoms with van der Waals surface area (Å²) in [5, 5.41) is 5.08. The van der Waals surface area contributed by atoms with Crippen LogP contribution in [0.25, 0.3) is 5.69 Å². The fraction of sp³-hybridized carbons (Fsp3) is 0.238. The van der Waals surface area contributed by atoms with Crippen molar-refractivity contribution in [1.82, 2.24) is 9.78 Å². The second kappa shape index (κ2) is 7.94. The fourth-order valence-corrected chi connectivity index (χ4v) is 3.08. The predicted molar refractivity (Wildman–Crippen MR) is 110 cm³/mol. The van der Waals surface area contributed by atoms with E-state index in [2.05, 4.69) is 5.10 Å². The number of anilines is 1. The lowest BCUT2D eigenvalue weighted by Gasteiger charge is -2.19. The summed E-state index contributed by atoms with van der Waals surface area (Å²) in [7, 11) is 4.86. The van der Waals surface area contributed by atoms with E-state index in [9.17, 15) is 4.79 Å². The van der Waals surface area contributed by atoms with Crippen molar-refractivity contribution >= 4 is 23.2 Å². The highest BCUT2D eigenvalue weighted by molar-refractivity contribution is 6.31. The molecule has 0 saturated heterocycles. The molecule has 0 saturated carbocycles. The highest BCUT2D eigenvalue weighted by Crippen LogP contribution is 2.31. The molecule has 0 bridgehead atoms. The quantitative estimate of drug-likeness (QED) is 0.636. The molecule has 146 valence electrons. The third kappa shape index (κ3) is 3.55. The van der Waals surface area contributed by atoms with Gasteiger partial charge in [-0.1, -0.05) is 11.6 Å². The van der Waals surface area contributed by atoms with Crippen molar-refractivity contribution in [1.29, 1.82) is 0 Å². The molecule has 6 nitrogen and oxygen atoms in total. The van der Waals surface area contributed by atoms with Gasteiger partial charge in [0, 0.05) is 24.4 Å². The molecule has 0 atom stereocenters. The number of carbonyl (C=O) groups is 1. The van der Waals surface area contributed by atoms with E-state index in [1.165, 1.54) is 0 Å². The van der Waals surface area contributed by atoms with Crippen molar-refractivity contribution in [3.05, 3.63) is 64.4 Å². The molecule has 1 amide bonds. The zero-order valence-electron chi connectivity index (χ0n) is 16.5. The Bertz CT molecular complexity index is 1010. The zero-order valence-corrected chi connectivity index (χ0v) is 17.2. The number of nitrogens with zero attached hydrogens (tertiary/aromatic N) is 3. The minimum atomic E-state index is -0.134. The second-order valence-corrected chi connectivity index (χ2v) is 6.72. The predicted octanol–water partition coefficient (Wildman–Crippen LogP) is 4.44. The van der Waals surface area contributed by atoms with Crippen molar-refractivity contribution in [3.8, 4) is 17.2 Å². The summed E-state index contributed by atoms with van der Waals surface area (Å²) in [6, 6.07) is 12.6. The number of amides is 1. The molecule has 3 aromatic rings. The van der Waals surface area contributed by atoms with Crippen LogP contribution >= 0.6 is 11.6 Å². The molecule has 0 unspecified atom stereocenters. The van der Waals surface area contributed by atoms with E-state index in [0.717, 1.165) is 17.1 Å². The highest BCUT2D eigenvalue weighted by atomic mass is 35.5. The summed E-state index contributed by atoms with van der Waals surface area (Å²) in [6.45, 7) is 3.77. The van der Waals surface area contributed by atoms with Gasteiger partial charge in [0.05, 0.1) is 36.3 Å². The molecule has 1 heterocycles. The largest absolute Gasteiger partial charge is 0.493 e. The van der Waals surface area contributed by atoms with E-state index in [1.54, 1.807) is 55.1 Å². The Morgan fingerprint density at radius 1 is 1.04 bits per heavy atom. The average molecular weight is 400 g/mol. The Balaban J connectivity index is 1.85. The molecule has 0 aliphatic heterocycles. The third-order valence-electron chi connectivity index (χ3n) is 4.62. The van der Waals surface area contributed by atoms with Crippen LogP contribution in [0.1, 0.15) is 21.7 Å². The first-order valence-electron chi connectivity index (χ1n) is 8.69. The summed E-state index contributed by atoms with van der Waals surface area (Å²) in [5.74, 6) is 1.04. The molecule has 7 heteroatoms. The van der Waals surface area contributed by atoms with Gasteiger partial charge < -0.3 is 14.4 Å². The normalized spacial score (nSPS) is 10.6. The first-order valence-corrected chi connectivity index (χ1v) is 9.07. The van der Waals surface area contributed by atoms with Gasteiger partial charge in [0.1, 0.15) is 0 Å². The van der Waals surface area contributed by atoms with Gasteiger partial charge in [0.25, 0.3) is 5.91 Å². The van der Waals surface area contributed by atoms with Crippen LogP contribution in [0.15, 0.2) is 42.5 Å². The van der Waals surface area contributed by atoms with Gasteiger partial charge in [-0.05, 0) is 50.2 Å². The molecule has 0 aliphatic rings. The van der Waals surface area contributed by atoms with Gasteiger partial charge in [-0.15, -0.1) is 0 Å². The molecule has 0 spiro atoms. The SMILES string of the molecule is COc1ccc(N(C)C(=O)c2ccc(-n3nc(C)c(Cl)c3C)cc2)cc1OC. The van der Waals surface area contributed by atoms with Gasteiger partial charge in [0.15, 0.2) is 11.5 Å². The van der Waals surface area contributed by atoms with Crippen molar-refractivity contribution in [2.24, 2.45) is 0 Å². The maximum absolute atomic E-state index is 12.9. The summed E-state index contributed by atoms with van der Waals surface area (Å²) >= 11 is 6.22. The van der Waals surface area contributed by atoms with Gasteiger partial charge in [-0.3, -0.25) is 4.79 Å². The summed E-state index contributed by atoms with van der Waals surface area (Å²) < 4.78 is 12.3. The van der Waals surface area contributed by atoms with E-state index in [4.69, 9.17) is 21.1 Å². The van der Waals surface area contributed by atoms with Crippen molar-refractivity contribution in [2.45, 2.75) is 13.8 Å². The highest BCUT2D eigenvalue weighted by Gasteiger charge is 2.17. The first-order chi connectivity index (χ1) is 13.4. The number of carbonyl (C=O) groups excluding carboxylic acids is 1. The van der Waals surface area contributed by atoms with Gasteiger partial charge in [0.2, 0.25) is 0 Å². The van der Waals surface area contributed by atoms with Crippen LogP contribution in [0.5, 0.6) is 11.5 Å². The summed E-state index contributed by atoms with van der Waals surface area (Å²) in [4.78, 5) is 14.4. The number of hydrogen-bond acceptors (Lipinski definition) is 4. The Morgan fingerprint density at radius 2 is 1.68 bits per heavy atom. The number of rotatable bonds is 5. The third-order valence-corrected chi connectivity index (χ3v) is 5.17. The molecule has 1 aromatic heterocycles. The van der Waals surface area contributed by atoms with Crippen LogP contribution in [0.3, 0.4) is 0 Å². The number of methoxy groups -OCH3 is 2. The molecular formula is C21H22ClN3O3. The van der Waals surface area contributed by atoms with E-state index < -0.39 is 0 Å². The van der Waals surface area contributed by atoms with E-state index in [0.29, 0.717) is 27.8 Å². The van der Waals surface area contributed by atoms with Crippen molar-refractivity contribution < 1.29 is 14.3 Å². The molecule has 28 heavy (non-hydrogen) atoms. The first kappa shape index (κ1) is 19.8. The molecule has 0 aliphatic carbocycles. The van der Waals surface area contributed by atoms with E-state index in [1.807, 2.05) is 32.0 Å². The molecular weight excluding hydrogens is 378 g/mol. The number of ether oxygens (including phenoxy) is 2. The Kier molecular flexibility index (Phi) is 5.61. The lowest BCUT2D eigenvalue weighted by molar-refractivity contribution is 0.0993. The molecule has 3 rings (SSSR count). The van der Waals surface area contributed by atoms with Gasteiger partial charge in [-0.25, -0.2) is 4.68 Å². The van der Waals surface area contributed by atoms with Crippen molar-refractivity contribution in [3.63, 3.8) is 0 Å². The minimum absolute atomic E-state index is 0.134. The standard InChI is InChI=1S/C21H22ClN3O3/c1-13-20(22)14(2)25(23-13)16-8-6-15(7-9-16)21(26)24(3)17-10-11-18(27-4)19(12-17)28-5/h6-12H,1-5H3. The van der Waals surface area contributed by atoms with Crippen LogP contribution in [0, 0.1) is 13.8 Å². The Hall–Kier alpha value is -2.99. The number of aromatic nitrogens is 2. The fourth-order valence-electron chi connectivity index (χ4n) is 2.96. The molecule has 0 N–H and O–H groups in total. The maximum atomic E-state index is 12.9. The summed E-state index contributed by atoms with van der Waals surface area (Å²) in [6.07, 6.45) is 0. The van der Waals surface area contributed by atoms with Crippen LogP contribution in [0.4, 0.5) is 5.69 Å². The summed E-state index contributed by atoms with van der Waals surface area (Å²) in [5.41, 5.74) is 3.75. The monoisotopic (exact) mass is 399 g/mol. The lowest BCUT2D eigenvalue weighted by Crippen LogP contribution is -2.26. The van der Waals surface area contributed by atoms with Crippen molar-refractivity contribution in [2.75, 3.05) is 26.2 Å². The zero-order chi connectivity index (χ0) is 20.4. The van der Waals surface area contributed by atoms with Gasteiger partial charge in [-0.2, -0.15) is 5.10 Å². The smallest absolute Gasteiger partial charge is 0.258 e. The minimum Gasteiger partial charge on any atom is -0.493 e. The van der Waals surface area contributed by atoms with E-state index >= 15 is 0 Å². The molecule has 0 fully saturated rings. The number of halogens is 1. The second-order valence-electron chi connectivity index (χ2n) is 6.35. The van der Waals surface area contributed by atoms with Crippen LogP contribution in [0.2, 0.25) is 5.02 Å². The van der Waals surface area contributed by atoms with Crippen LogP contribution in [-0.2, 0) is 0 Å². The number of hydrogen-bond donors (Lipinski definition) is 0. The van der Waals surface area contributed by atoms with E-state index in [-0.39, 0.29) is 5.91 Å². The lowest BCUT2D eigenvalue weighted by atomic mass is 10.1. The number of aryl methyl sites for hydroxylation is 1. The van der Waals surface area contributed by atoms with Gasteiger partial charge >= 0.3 is 0 Å². The average Bonchev–Trinajstić information content (AvgIpc) is 2.99. The number of benzene rings is 2. The van der Waals surface area contributed by atoms with Crippen LogP contribution < -0.4 is 14.4 Å². The Morgan fingerprint density at radius 3 is 2.21 bits per heavy atom. The topological polar surface area (TPSA) is 56.6 Å². The Labute approximate surface area is 169 Å².